The van der Waals surface area contributed by atoms with E-state index in [2.05, 4.69) is 35.9 Å². The standard InChI is InChI=1S/C22H27N7O3/c1-31-17-6-3-5-15(13-17)21(32-2)22(30)25-19-8-9-20(28-27-19)29-12-10-16(14-29)24-18-7-4-11-23-26-18/h3-9,11,13,16,21-22,30H,10,12,14H2,1-2H3,(H,24,26)(H,25,27)/t16-,21+,22?/m1/s1. The maximum atomic E-state index is 10.7. The lowest BCUT2D eigenvalue weighted by Gasteiger charge is -2.24. The number of benzene rings is 1. The molecule has 0 amide bonds. The Morgan fingerprint density at radius 2 is 1.97 bits per heavy atom. The summed E-state index contributed by atoms with van der Waals surface area (Å²) in [6, 6.07) is 15.1. The molecule has 1 aromatic carbocycles. The Balaban J connectivity index is 1.35. The van der Waals surface area contributed by atoms with E-state index >= 15 is 0 Å². The summed E-state index contributed by atoms with van der Waals surface area (Å²) in [6.07, 6.45) is 1.00. The third-order valence-electron chi connectivity index (χ3n) is 5.35. The Morgan fingerprint density at radius 1 is 1.06 bits per heavy atom. The van der Waals surface area contributed by atoms with Gasteiger partial charge in [0, 0.05) is 32.4 Å². The van der Waals surface area contributed by atoms with Crippen LogP contribution < -0.4 is 20.3 Å². The molecule has 0 saturated carbocycles. The zero-order valence-electron chi connectivity index (χ0n) is 18.0. The first kappa shape index (κ1) is 21.7. The molecule has 1 aliphatic rings. The summed E-state index contributed by atoms with van der Waals surface area (Å²) >= 11 is 0. The lowest BCUT2D eigenvalue weighted by Crippen LogP contribution is -2.29. The summed E-state index contributed by atoms with van der Waals surface area (Å²) in [6.45, 7) is 1.66. The predicted molar refractivity (Wildman–Crippen MR) is 121 cm³/mol. The van der Waals surface area contributed by atoms with Crippen molar-refractivity contribution in [3.63, 3.8) is 0 Å². The minimum absolute atomic E-state index is 0.262. The van der Waals surface area contributed by atoms with Gasteiger partial charge in [-0.3, -0.25) is 0 Å². The van der Waals surface area contributed by atoms with E-state index in [1.807, 2.05) is 42.5 Å². The topological polar surface area (TPSA) is 118 Å². The fraction of sp³-hybridized carbons (Fsp3) is 0.364. The van der Waals surface area contributed by atoms with Gasteiger partial charge in [-0.05, 0) is 48.4 Å². The van der Waals surface area contributed by atoms with Gasteiger partial charge in [0.25, 0.3) is 0 Å². The Morgan fingerprint density at radius 3 is 2.69 bits per heavy atom. The van der Waals surface area contributed by atoms with Crippen LogP contribution in [0.25, 0.3) is 0 Å². The molecule has 10 heteroatoms. The molecular formula is C22H27N7O3. The maximum Gasteiger partial charge on any atom is 0.156 e. The molecule has 1 saturated heterocycles. The van der Waals surface area contributed by atoms with Crippen molar-refractivity contribution in [3.8, 4) is 5.75 Å². The number of rotatable bonds is 9. The molecule has 4 rings (SSSR count). The van der Waals surface area contributed by atoms with Crippen molar-refractivity contribution in [2.24, 2.45) is 0 Å². The fourth-order valence-corrected chi connectivity index (χ4v) is 3.74. The highest BCUT2D eigenvalue weighted by Gasteiger charge is 2.25. The Hall–Kier alpha value is -3.50. The van der Waals surface area contributed by atoms with E-state index in [1.54, 1.807) is 26.5 Å². The van der Waals surface area contributed by atoms with Crippen LogP contribution in [0.3, 0.4) is 0 Å². The van der Waals surface area contributed by atoms with Crippen LogP contribution in [0.15, 0.2) is 54.7 Å². The molecule has 1 fully saturated rings. The van der Waals surface area contributed by atoms with Gasteiger partial charge in [-0.25, -0.2) is 0 Å². The van der Waals surface area contributed by atoms with Crippen LogP contribution in [0, 0.1) is 0 Å². The van der Waals surface area contributed by atoms with E-state index in [0.717, 1.165) is 36.7 Å². The molecule has 1 unspecified atom stereocenters. The minimum atomic E-state index is -1.01. The van der Waals surface area contributed by atoms with Gasteiger partial charge in [-0.1, -0.05) is 12.1 Å². The summed E-state index contributed by atoms with van der Waals surface area (Å²) in [4.78, 5) is 2.16. The smallest absolute Gasteiger partial charge is 0.156 e. The molecule has 3 aromatic rings. The van der Waals surface area contributed by atoms with Gasteiger partial charge in [0.15, 0.2) is 17.9 Å². The van der Waals surface area contributed by atoms with Crippen molar-refractivity contribution in [1.82, 2.24) is 20.4 Å². The van der Waals surface area contributed by atoms with Crippen molar-refractivity contribution >= 4 is 17.5 Å². The van der Waals surface area contributed by atoms with Crippen LogP contribution in [0.1, 0.15) is 18.1 Å². The number of ether oxygens (including phenoxy) is 2. The second kappa shape index (κ2) is 10.2. The van der Waals surface area contributed by atoms with Crippen LogP contribution in [-0.2, 0) is 4.74 Å². The summed E-state index contributed by atoms with van der Waals surface area (Å²) in [7, 11) is 3.14. The molecule has 3 heterocycles. The second-order valence-electron chi connectivity index (χ2n) is 7.48. The number of hydrogen-bond donors (Lipinski definition) is 3. The van der Waals surface area contributed by atoms with E-state index < -0.39 is 12.3 Å². The van der Waals surface area contributed by atoms with Crippen molar-refractivity contribution < 1.29 is 14.6 Å². The van der Waals surface area contributed by atoms with Crippen molar-refractivity contribution in [1.29, 1.82) is 0 Å². The molecule has 1 aliphatic heterocycles. The lowest BCUT2D eigenvalue weighted by atomic mass is 10.1. The van der Waals surface area contributed by atoms with Crippen molar-refractivity contribution in [2.75, 3.05) is 42.8 Å². The van der Waals surface area contributed by atoms with E-state index in [-0.39, 0.29) is 6.04 Å². The summed E-state index contributed by atoms with van der Waals surface area (Å²) in [5.74, 6) is 2.70. The van der Waals surface area contributed by atoms with Gasteiger partial charge in [-0.2, -0.15) is 5.10 Å². The number of nitrogens with zero attached hydrogens (tertiary/aromatic N) is 5. The molecule has 0 bridgehead atoms. The number of anilines is 3. The largest absolute Gasteiger partial charge is 0.497 e. The van der Waals surface area contributed by atoms with Gasteiger partial charge in [-0.15, -0.1) is 15.3 Å². The Bertz CT molecular complexity index is 990. The molecule has 3 N–H and O–H groups in total. The van der Waals surface area contributed by atoms with Gasteiger partial charge < -0.3 is 30.1 Å². The lowest BCUT2D eigenvalue weighted by molar-refractivity contribution is 0.000937. The SMILES string of the molecule is COc1cccc([C@H](OC)C(O)Nc2ccc(N3CC[C@@H](Nc4cccnn4)C3)nn2)c1. The zero-order chi connectivity index (χ0) is 22.3. The monoisotopic (exact) mass is 437 g/mol. The predicted octanol–water partition coefficient (Wildman–Crippen LogP) is 2.08. The second-order valence-corrected chi connectivity index (χ2v) is 7.48. The van der Waals surface area contributed by atoms with E-state index in [1.165, 1.54) is 0 Å². The summed E-state index contributed by atoms with van der Waals surface area (Å²) in [5.41, 5.74) is 0.787. The number of methoxy groups -OCH3 is 2. The maximum absolute atomic E-state index is 10.7. The Labute approximate surface area is 186 Å². The first-order valence-corrected chi connectivity index (χ1v) is 10.4. The number of aliphatic hydroxyl groups is 1. The van der Waals surface area contributed by atoms with Crippen molar-refractivity contribution in [2.45, 2.75) is 24.8 Å². The minimum Gasteiger partial charge on any atom is -0.497 e. The average Bonchev–Trinajstić information content (AvgIpc) is 3.29. The van der Waals surface area contributed by atoms with Gasteiger partial charge in [0.2, 0.25) is 0 Å². The fourth-order valence-electron chi connectivity index (χ4n) is 3.74. The number of nitrogens with one attached hydrogen (secondary N) is 2. The van der Waals surface area contributed by atoms with Gasteiger partial charge in [0.05, 0.1) is 7.11 Å². The highest BCUT2D eigenvalue weighted by Crippen LogP contribution is 2.26. The highest BCUT2D eigenvalue weighted by molar-refractivity contribution is 5.46. The van der Waals surface area contributed by atoms with Crippen LogP contribution in [0.2, 0.25) is 0 Å². The average molecular weight is 438 g/mol. The number of hydrogen-bond acceptors (Lipinski definition) is 10. The molecular weight excluding hydrogens is 410 g/mol. The normalized spacial score (nSPS) is 17.6. The number of aliphatic hydroxyl groups excluding tert-OH is 1. The summed E-state index contributed by atoms with van der Waals surface area (Å²) < 4.78 is 10.7. The van der Waals surface area contributed by atoms with Crippen LogP contribution in [0.5, 0.6) is 5.75 Å². The molecule has 32 heavy (non-hydrogen) atoms. The molecule has 2 aromatic heterocycles. The third kappa shape index (κ3) is 5.21. The van der Waals surface area contributed by atoms with Crippen LogP contribution in [-0.4, -0.2) is 65.1 Å². The van der Waals surface area contributed by atoms with Crippen LogP contribution >= 0.6 is 0 Å². The molecule has 0 spiro atoms. The molecule has 10 nitrogen and oxygen atoms in total. The molecule has 3 atom stereocenters. The Kier molecular flexibility index (Phi) is 6.93. The van der Waals surface area contributed by atoms with Gasteiger partial charge >= 0.3 is 0 Å². The van der Waals surface area contributed by atoms with Crippen LogP contribution in [0.4, 0.5) is 17.5 Å². The van der Waals surface area contributed by atoms with E-state index in [9.17, 15) is 5.11 Å². The van der Waals surface area contributed by atoms with E-state index in [0.29, 0.717) is 11.6 Å². The van der Waals surface area contributed by atoms with E-state index in [4.69, 9.17) is 9.47 Å². The first-order valence-electron chi connectivity index (χ1n) is 10.4. The zero-order valence-corrected chi connectivity index (χ0v) is 18.0. The summed E-state index contributed by atoms with van der Waals surface area (Å²) in [5, 5.41) is 33.5. The highest BCUT2D eigenvalue weighted by atomic mass is 16.5. The molecule has 168 valence electrons. The van der Waals surface area contributed by atoms with Gasteiger partial charge in [0.1, 0.15) is 17.7 Å². The quantitative estimate of drug-likeness (QED) is 0.430. The molecule has 0 radical (unpaired) electrons. The molecule has 0 aliphatic carbocycles. The number of aromatic nitrogens is 4. The third-order valence-corrected chi connectivity index (χ3v) is 5.35. The first-order chi connectivity index (χ1) is 15.7. The van der Waals surface area contributed by atoms with Crippen molar-refractivity contribution in [3.05, 3.63) is 60.3 Å².